The van der Waals surface area contributed by atoms with Gasteiger partial charge in [0.15, 0.2) is 0 Å². The Kier molecular flexibility index (Phi) is 6.54. The Morgan fingerprint density at radius 1 is 1.25 bits per heavy atom. The molecule has 1 aromatic heterocycles. The average molecular weight is 469 g/mol. The van der Waals surface area contributed by atoms with Crippen LogP contribution in [0, 0.1) is 0 Å². The Hall–Kier alpha value is -1.34. The maximum Gasteiger partial charge on any atom is 0.283 e. The second kappa shape index (κ2) is 8.57. The van der Waals surface area contributed by atoms with Crippen molar-refractivity contribution in [1.82, 2.24) is 14.7 Å². The smallest absolute Gasteiger partial charge is 0.283 e. The summed E-state index contributed by atoms with van der Waals surface area (Å²) in [4.78, 5) is 14.6. The number of hydrogen-bond donors (Lipinski definition) is 0. The first-order chi connectivity index (χ1) is 13.2. The minimum absolute atomic E-state index is 0.0212. The molecule has 0 aliphatic heterocycles. The molecule has 0 radical (unpaired) electrons. The van der Waals surface area contributed by atoms with Crippen molar-refractivity contribution in [2.45, 2.75) is 25.3 Å². The molecule has 3 rings (SSSR count). The first-order valence-corrected chi connectivity index (χ1v) is 9.83. The van der Waals surface area contributed by atoms with Crippen LogP contribution in [0.4, 0.5) is 8.78 Å². The van der Waals surface area contributed by atoms with Crippen LogP contribution in [0.5, 0.6) is 0 Å². The molecular formula is C18H15Cl4F2N3O. The van der Waals surface area contributed by atoms with E-state index in [9.17, 15) is 13.6 Å². The van der Waals surface area contributed by atoms with E-state index in [0.29, 0.717) is 16.2 Å². The van der Waals surface area contributed by atoms with Crippen molar-refractivity contribution in [1.29, 1.82) is 0 Å². The summed E-state index contributed by atoms with van der Waals surface area (Å²) in [7, 11) is 1.40. The molecule has 4 nitrogen and oxygen atoms in total. The summed E-state index contributed by atoms with van der Waals surface area (Å²) < 4.78 is 27.8. The highest BCUT2D eigenvalue weighted by Gasteiger charge is 2.38. The van der Waals surface area contributed by atoms with E-state index in [4.69, 9.17) is 46.4 Å². The fourth-order valence-corrected chi connectivity index (χ4v) is 3.53. The maximum absolute atomic E-state index is 13.4. The number of halogens is 6. The van der Waals surface area contributed by atoms with Gasteiger partial charge in [0.1, 0.15) is 20.9 Å². The molecule has 0 unspecified atom stereocenters. The third kappa shape index (κ3) is 4.46. The zero-order chi connectivity index (χ0) is 20.6. The zero-order valence-electron chi connectivity index (χ0n) is 14.6. The van der Waals surface area contributed by atoms with Gasteiger partial charge in [0.25, 0.3) is 12.3 Å². The molecule has 1 amide bonds. The average Bonchev–Trinajstić information content (AvgIpc) is 3.42. The van der Waals surface area contributed by atoms with Crippen molar-refractivity contribution in [3.63, 3.8) is 0 Å². The van der Waals surface area contributed by atoms with Crippen LogP contribution in [-0.2, 0) is 7.05 Å². The fraction of sp³-hybridized carbons (Fsp3) is 0.333. The molecule has 0 bridgehead atoms. The summed E-state index contributed by atoms with van der Waals surface area (Å²) in [5.41, 5.74) is 0.220. The van der Waals surface area contributed by atoms with Gasteiger partial charge in [0.05, 0.1) is 0 Å². The summed E-state index contributed by atoms with van der Waals surface area (Å²) in [6.07, 6.45) is -1.43. The third-order valence-corrected chi connectivity index (χ3v) is 5.56. The van der Waals surface area contributed by atoms with Crippen LogP contribution < -0.4 is 0 Å². The molecule has 1 aliphatic rings. The molecule has 1 saturated carbocycles. The second-order valence-corrected chi connectivity index (χ2v) is 8.13. The van der Waals surface area contributed by atoms with Crippen LogP contribution in [0.1, 0.15) is 40.9 Å². The molecule has 1 aromatic carbocycles. The third-order valence-electron chi connectivity index (χ3n) is 4.42. The maximum atomic E-state index is 13.4. The quantitative estimate of drug-likeness (QED) is 0.512. The van der Waals surface area contributed by atoms with E-state index in [-0.39, 0.29) is 27.8 Å². The minimum atomic E-state index is -2.93. The van der Waals surface area contributed by atoms with E-state index in [1.165, 1.54) is 11.9 Å². The largest absolute Gasteiger partial charge is 0.331 e. The van der Waals surface area contributed by atoms with E-state index >= 15 is 0 Å². The lowest BCUT2D eigenvalue weighted by Crippen LogP contribution is -2.35. The Bertz CT molecular complexity index is 920. The number of hydrogen-bond acceptors (Lipinski definition) is 2. The van der Waals surface area contributed by atoms with Gasteiger partial charge < -0.3 is 4.90 Å². The van der Waals surface area contributed by atoms with Crippen molar-refractivity contribution >= 4 is 57.9 Å². The topological polar surface area (TPSA) is 38.1 Å². The van der Waals surface area contributed by atoms with Gasteiger partial charge in [0, 0.05) is 30.2 Å². The lowest BCUT2D eigenvalue weighted by molar-refractivity contribution is 0.0753. The summed E-state index contributed by atoms with van der Waals surface area (Å²) >= 11 is 24.1. The Labute approximate surface area is 180 Å². The number of nitrogens with zero attached hydrogens (tertiary/aromatic N) is 3. The van der Waals surface area contributed by atoms with Crippen LogP contribution in [0.3, 0.4) is 0 Å². The molecule has 0 spiro atoms. The van der Waals surface area contributed by atoms with Gasteiger partial charge in [-0.25, -0.2) is 8.78 Å². The lowest BCUT2D eigenvalue weighted by atomic mass is 10.1. The van der Waals surface area contributed by atoms with Gasteiger partial charge in [-0.15, -0.1) is 0 Å². The van der Waals surface area contributed by atoms with Crippen LogP contribution in [0.15, 0.2) is 28.8 Å². The molecule has 28 heavy (non-hydrogen) atoms. The first-order valence-electron chi connectivity index (χ1n) is 8.32. The number of aromatic nitrogens is 2. The highest BCUT2D eigenvalue weighted by atomic mass is 35.5. The molecule has 0 N–H and O–H groups in total. The molecule has 0 atom stereocenters. The zero-order valence-corrected chi connectivity index (χ0v) is 17.6. The normalized spacial score (nSPS) is 13.7. The Morgan fingerprint density at radius 3 is 2.36 bits per heavy atom. The molecule has 1 aliphatic carbocycles. The number of carbonyl (C=O) groups excluding carboxylic acids is 1. The molecule has 0 saturated heterocycles. The van der Waals surface area contributed by atoms with Crippen LogP contribution in [0.25, 0.3) is 5.57 Å². The summed E-state index contributed by atoms with van der Waals surface area (Å²) in [5, 5.41) is 4.08. The van der Waals surface area contributed by atoms with E-state index < -0.39 is 18.0 Å². The molecule has 1 heterocycles. The summed E-state index contributed by atoms with van der Waals surface area (Å²) in [6.45, 7) is 0.0430. The van der Waals surface area contributed by atoms with Crippen molar-refractivity contribution in [2.24, 2.45) is 7.05 Å². The van der Waals surface area contributed by atoms with E-state index in [2.05, 4.69) is 5.10 Å². The highest BCUT2D eigenvalue weighted by Crippen LogP contribution is 2.36. The summed E-state index contributed by atoms with van der Waals surface area (Å²) in [6, 6.07) is 6.68. The van der Waals surface area contributed by atoms with Crippen molar-refractivity contribution in [3.8, 4) is 0 Å². The number of rotatable bonds is 6. The Balaban J connectivity index is 1.97. The standard InChI is InChI=1S/C18H15Cl4F2N3O/c1-26-16(22)13(14(25-26)17(23)24)18(28)27(11-6-7-11)8-12(15(20)21)9-2-4-10(19)5-3-9/h2-5,11,17H,6-8H2,1H3. The van der Waals surface area contributed by atoms with Crippen molar-refractivity contribution in [3.05, 3.63) is 55.8 Å². The minimum Gasteiger partial charge on any atom is -0.331 e. The van der Waals surface area contributed by atoms with Gasteiger partial charge in [0.2, 0.25) is 0 Å². The predicted molar refractivity (Wildman–Crippen MR) is 107 cm³/mol. The van der Waals surface area contributed by atoms with Gasteiger partial charge in [-0.1, -0.05) is 58.5 Å². The van der Waals surface area contributed by atoms with E-state index in [1.54, 1.807) is 24.3 Å². The SMILES string of the molecule is Cn1nc(C(F)F)c(C(=O)N(CC(=C(Cl)Cl)c2ccc(Cl)cc2)C2CC2)c1Cl. The van der Waals surface area contributed by atoms with Crippen LogP contribution in [-0.4, -0.2) is 33.2 Å². The van der Waals surface area contributed by atoms with E-state index in [0.717, 1.165) is 17.5 Å². The Morgan fingerprint density at radius 2 is 1.86 bits per heavy atom. The monoisotopic (exact) mass is 467 g/mol. The van der Waals surface area contributed by atoms with Crippen molar-refractivity contribution in [2.75, 3.05) is 6.54 Å². The predicted octanol–water partition coefficient (Wildman–Crippen LogP) is 6.12. The fourth-order valence-electron chi connectivity index (χ4n) is 2.85. The lowest BCUT2D eigenvalue weighted by Gasteiger charge is -2.24. The van der Waals surface area contributed by atoms with Gasteiger partial charge >= 0.3 is 0 Å². The second-order valence-electron chi connectivity index (χ2n) is 6.39. The van der Waals surface area contributed by atoms with Crippen LogP contribution in [0.2, 0.25) is 10.2 Å². The van der Waals surface area contributed by atoms with Crippen LogP contribution >= 0.6 is 46.4 Å². The number of amides is 1. The number of alkyl halides is 2. The molecule has 2 aromatic rings. The highest BCUT2D eigenvalue weighted by molar-refractivity contribution is 6.58. The molecule has 150 valence electrons. The number of benzene rings is 1. The molecular weight excluding hydrogens is 454 g/mol. The van der Waals surface area contributed by atoms with Crippen molar-refractivity contribution < 1.29 is 13.6 Å². The van der Waals surface area contributed by atoms with E-state index in [1.807, 2.05) is 0 Å². The van der Waals surface area contributed by atoms with Gasteiger partial charge in [-0.2, -0.15) is 5.10 Å². The van der Waals surface area contributed by atoms with Gasteiger partial charge in [-0.05, 0) is 30.5 Å². The number of carbonyl (C=O) groups is 1. The van der Waals surface area contributed by atoms with Gasteiger partial charge in [-0.3, -0.25) is 9.48 Å². The first kappa shape index (κ1) is 21.4. The number of aryl methyl sites for hydroxylation is 1. The molecule has 10 heteroatoms. The summed E-state index contributed by atoms with van der Waals surface area (Å²) in [5.74, 6) is -0.628. The molecule has 1 fully saturated rings.